The maximum atomic E-state index is 13.8. The molecule has 0 saturated carbocycles. The zero-order chi connectivity index (χ0) is 24.5. The van der Waals surface area contributed by atoms with Gasteiger partial charge in [0, 0.05) is 41.8 Å². The van der Waals surface area contributed by atoms with Gasteiger partial charge in [0.1, 0.15) is 5.70 Å². The van der Waals surface area contributed by atoms with Crippen LogP contribution >= 0.6 is 27.5 Å². The first-order valence-electron chi connectivity index (χ1n) is 11.4. The highest BCUT2D eigenvalue weighted by Crippen LogP contribution is 2.35. The van der Waals surface area contributed by atoms with E-state index in [1.54, 1.807) is 47.4 Å². The zero-order valence-corrected chi connectivity index (χ0v) is 21.1. The average Bonchev–Trinajstić information content (AvgIpc) is 2.84. The summed E-state index contributed by atoms with van der Waals surface area (Å²) in [7, 11) is 0. The van der Waals surface area contributed by atoms with Gasteiger partial charge < -0.3 is 14.8 Å². The van der Waals surface area contributed by atoms with Crippen LogP contribution in [-0.2, 0) is 11.3 Å². The molecular formula is C27H23BrClN3O3. The lowest BCUT2D eigenvalue weighted by Gasteiger charge is -2.43. The molecule has 2 atom stereocenters. The lowest BCUT2D eigenvalue weighted by molar-refractivity contribution is -0.130. The SMILES string of the molecule is O=C(N/C(=C\c1cccc(Br)c1)C(=O)N1C[C@H]2C[C@@H](C1)c1cccc(=O)n1C2)c1ccccc1Cl. The molecule has 2 amide bonds. The number of aromatic nitrogens is 1. The highest BCUT2D eigenvalue weighted by atomic mass is 79.9. The van der Waals surface area contributed by atoms with Crippen LogP contribution in [0.4, 0.5) is 0 Å². The molecule has 8 heteroatoms. The number of pyridine rings is 1. The largest absolute Gasteiger partial charge is 0.336 e. The molecule has 35 heavy (non-hydrogen) atoms. The van der Waals surface area contributed by atoms with Crippen molar-refractivity contribution in [1.82, 2.24) is 14.8 Å². The van der Waals surface area contributed by atoms with E-state index in [-0.39, 0.29) is 29.0 Å². The van der Waals surface area contributed by atoms with Crippen LogP contribution in [0.2, 0.25) is 5.02 Å². The molecular weight excluding hydrogens is 530 g/mol. The fourth-order valence-electron chi connectivity index (χ4n) is 4.98. The van der Waals surface area contributed by atoms with E-state index in [0.717, 1.165) is 22.2 Å². The summed E-state index contributed by atoms with van der Waals surface area (Å²) >= 11 is 9.69. The molecule has 0 aliphatic carbocycles. The monoisotopic (exact) mass is 551 g/mol. The van der Waals surface area contributed by atoms with Crippen molar-refractivity contribution in [3.05, 3.63) is 109 Å². The predicted octanol–water partition coefficient (Wildman–Crippen LogP) is 4.68. The lowest BCUT2D eigenvalue weighted by Crippen LogP contribution is -2.50. The van der Waals surface area contributed by atoms with Crippen LogP contribution < -0.4 is 10.9 Å². The van der Waals surface area contributed by atoms with E-state index >= 15 is 0 Å². The summed E-state index contributed by atoms with van der Waals surface area (Å²) in [5, 5.41) is 3.12. The van der Waals surface area contributed by atoms with Crippen LogP contribution in [0.15, 0.2) is 81.7 Å². The molecule has 2 aliphatic heterocycles. The van der Waals surface area contributed by atoms with Crippen LogP contribution in [0.3, 0.4) is 0 Å². The standard InChI is InChI=1S/C27H23BrClN3O3/c28-20-6-3-5-17(12-20)13-23(30-26(34)21-7-1-2-8-22(21)29)27(35)31-14-18-11-19(16-31)24-9-4-10-25(33)32(24)15-18/h1-10,12-13,18-19H,11,14-16H2,(H,30,34)/b23-13-/t18-,19+/m1/s1. The molecule has 6 nitrogen and oxygen atoms in total. The summed E-state index contributed by atoms with van der Waals surface area (Å²) < 4.78 is 2.70. The molecule has 0 spiro atoms. The maximum absolute atomic E-state index is 13.8. The van der Waals surface area contributed by atoms with Crippen molar-refractivity contribution in [2.45, 2.75) is 18.9 Å². The van der Waals surface area contributed by atoms with Crippen LogP contribution in [0.25, 0.3) is 6.08 Å². The van der Waals surface area contributed by atoms with E-state index in [1.807, 2.05) is 34.9 Å². The number of benzene rings is 2. The normalized spacial score (nSPS) is 19.1. The minimum Gasteiger partial charge on any atom is -0.336 e. The van der Waals surface area contributed by atoms with E-state index in [0.29, 0.717) is 30.2 Å². The molecule has 3 heterocycles. The fraction of sp³-hybridized carbons (Fsp3) is 0.222. The molecule has 1 saturated heterocycles. The molecule has 2 aromatic carbocycles. The summed E-state index contributed by atoms with van der Waals surface area (Å²) in [4.78, 5) is 41.0. The maximum Gasteiger partial charge on any atom is 0.270 e. The number of nitrogens with one attached hydrogen (secondary N) is 1. The van der Waals surface area contributed by atoms with Crippen molar-refractivity contribution < 1.29 is 9.59 Å². The first kappa shape index (κ1) is 23.6. The molecule has 0 unspecified atom stereocenters. The number of likely N-dealkylation sites (tertiary alicyclic amines) is 1. The van der Waals surface area contributed by atoms with Gasteiger partial charge in [0.15, 0.2) is 0 Å². The van der Waals surface area contributed by atoms with E-state index in [1.165, 1.54) is 0 Å². The number of amides is 2. The van der Waals surface area contributed by atoms with E-state index in [9.17, 15) is 14.4 Å². The Kier molecular flexibility index (Phi) is 6.62. The number of rotatable bonds is 4. The second kappa shape index (κ2) is 9.84. The first-order valence-corrected chi connectivity index (χ1v) is 12.6. The van der Waals surface area contributed by atoms with Crippen LogP contribution in [0.1, 0.15) is 34.0 Å². The smallest absolute Gasteiger partial charge is 0.270 e. The van der Waals surface area contributed by atoms with Crippen molar-refractivity contribution in [1.29, 1.82) is 0 Å². The van der Waals surface area contributed by atoms with Gasteiger partial charge in [0.2, 0.25) is 0 Å². The van der Waals surface area contributed by atoms with Crippen molar-refractivity contribution in [2.75, 3.05) is 13.1 Å². The molecule has 3 aromatic rings. The lowest BCUT2D eigenvalue weighted by atomic mass is 9.83. The zero-order valence-electron chi connectivity index (χ0n) is 18.8. The van der Waals surface area contributed by atoms with E-state index < -0.39 is 5.91 Å². The Bertz CT molecular complexity index is 1400. The number of piperidine rings is 1. The van der Waals surface area contributed by atoms with Gasteiger partial charge in [-0.05, 0) is 54.3 Å². The summed E-state index contributed by atoms with van der Waals surface area (Å²) in [5.41, 5.74) is 2.21. The second-order valence-corrected chi connectivity index (χ2v) is 10.3. The average molecular weight is 553 g/mol. The number of nitrogens with zero attached hydrogens (tertiary/aromatic N) is 2. The summed E-state index contributed by atoms with van der Waals surface area (Å²) in [5.74, 6) is -0.450. The Balaban J connectivity index is 1.46. The molecule has 1 aromatic heterocycles. The molecule has 0 radical (unpaired) electrons. The van der Waals surface area contributed by atoms with Gasteiger partial charge in [-0.2, -0.15) is 0 Å². The molecule has 178 valence electrons. The summed E-state index contributed by atoms with van der Waals surface area (Å²) in [6.45, 7) is 1.59. The van der Waals surface area contributed by atoms with Gasteiger partial charge >= 0.3 is 0 Å². The number of carbonyl (C=O) groups is 2. The Morgan fingerprint density at radius 2 is 1.80 bits per heavy atom. The third-order valence-corrected chi connectivity index (χ3v) is 7.35. The highest BCUT2D eigenvalue weighted by Gasteiger charge is 2.37. The van der Waals surface area contributed by atoms with Crippen molar-refractivity contribution >= 4 is 45.4 Å². The van der Waals surface area contributed by atoms with Gasteiger partial charge in [0.05, 0.1) is 10.6 Å². The number of carbonyl (C=O) groups excluding carboxylic acids is 2. The Morgan fingerprint density at radius 1 is 1.00 bits per heavy atom. The van der Waals surface area contributed by atoms with Crippen molar-refractivity contribution in [3.63, 3.8) is 0 Å². The fourth-order valence-corrected chi connectivity index (χ4v) is 5.62. The quantitative estimate of drug-likeness (QED) is 0.478. The topological polar surface area (TPSA) is 71.4 Å². The minimum absolute atomic E-state index is 0.000723. The van der Waals surface area contributed by atoms with Crippen LogP contribution in [0.5, 0.6) is 0 Å². The minimum atomic E-state index is -0.445. The Hall–Kier alpha value is -3.16. The van der Waals surface area contributed by atoms with E-state index in [2.05, 4.69) is 21.2 Å². The third-order valence-electron chi connectivity index (χ3n) is 6.52. The number of hydrogen-bond acceptors (Lipinski definition) is 3. The summed E-state index contributed by atoms with van der Waals surface area (Å²) in [6.07, 6.45) is 2.62. The predicted molar refractivity (Wildman–Crippen MR) is 139 cm³/mol. The molecule has 1 fully saturated rings. The molecule has 1 N–H and O–H groups in total. The first-order chi connectivity index (χ1) is 16.9. The van der Waals surface area contributed by atoms with Crippen molar-refractivity contribution in [3.8, 4) is 0 Å². The van der Waals surface area contributed by atoms with Gasteiger partial charge in [-0.25, -0.2) is 0 Å². The van der Waals surface area contributed by atoms with Crippen LogP contribution in [0, 0.1) is 5.92 Å². The number of fused-ring (bicyclic) bond motifs is 4. The third kappa shape index (κ3) is 4.97. The Labute approximate surface area is 216 Å². The van der Waals surface area contributed by atoms with Gasteiger partial charge in [-0.15, -0.1) is 0 Å². The van der Waals surface area contributed by atoms with E-state index in [4.69, 9.17) is 11.6 Å². The van der Waals surface area contributed by atoms with Gasteiger partial charge in [0.25, 0.3) is 17.4 Å². The summed E-state index contributed by atoms with van der Waals surface area (Å²) in [6, 6.07) is 19.6. The van der Waals surface area contributed by atoms with Gasteiger partial charge in [-0.3, -0.25) is 14.4 Å². The number of halogens is 2. The Morgan fingerprint density at radius 3 is 2.60 bits per heavy atom. The second-order valence-electron chi connectivity index (χ2n) is 8.96. The number of hydrogen-bond donors (Lipinski definition) is 1. The highest BCUT2D eigenvalue weighted by molar-refractivity contribution is 9.10. The van der Waals surface area contributed by atoms with Crippen LogP contribution in [-0.4, -0.2) is 34.4 Å². The molecule has 2 bridgehead atoms. The van der Waals surface area contributed by atoms with Crippen molar-refractivity contribution in [2.24, 2.45) is 5.92 Å². The van der Waals surface area contributed by atoms with Gasteiger partial charge in [-0.1, -0.05) is 57.9 Å². The molecule has 5 rings (SSSR count). The molecule has 2 aliphatic rings.